The van der Waals surface area contributed by atoms with Gasteiger partial charge in [-0.3, -0.25) is 4.79 Å². The summed E-state index contributed by atoms with van der Waals surface area (Å²) in [4.78, 5) is 14.7. The average Bonchev–Trinajstić information content (AvgIpc) is 2.81. The molecular weight excluding hydrogens is 517 g/mol. The van der Waals surface area contributed by atoms with E-state index < -0.39 is 5.91 Å². The van der Waals surface area contributed by atoms with Gasteiger partial charge in [-0.2, -0.15) is 5.10 Å². The van der Waals surface area contributed by atoms with E-state index in [4.69, 9.17) is 4.74 Å². The lowest BCUT2D eigenvalue weighted by Gasteiger charge is -2.31. The number of hydrogen-bond donors (Lipinski definition) is 2. The number of fused-ring (bicyclic) bond motifs is 1. The maximum Gasteiger partial charge on any atom is 0.275 e. The minimum atomic E-state index is -0.462. The highest BCUT2D eigenvalue weighted by Gasteiger charge is 2.18. The number of nitrogens with zero attached hydrogens (tertiary/aromatic N) is 2. The van der Waals surface area contributed by atoms with Crippen molar-refractivity contribution in [1.29, 1.82) is 0 Å². The lowest BCUT2D eigenvalue weighted by molar-refractivity contribution is 0.0952. The molecule has 164 valence electrons. The smallest absolute Gasteiger partial charge is 0.275 e. The summed E-state index contributed by atoms with van der Waals surface area (Å²) < 4.78 is 6.44. The zero-order valence-corrected chi connectivity index (χ0v) is 19.9. The van der Waals surface area contributed by atoms with Crippen molar-refractivity contribution in [2.75, 3.05) is 18.6 Å². The molecule has 32 heavy (non-hydrogen) atoms. The van der Waals surface area contributed by atoms with E-state index in [2.05, 4.69) is 62.3 Å². The van der Waals surface area contributed by atoms with Crippen LogP contribution >= 0.6 is 22.6 Å². The van der Waals surface area contributed by atoms with Gasteiger partial charge in [0.1, 0.15) is 11.5 Å². The largest absolute Gasteiger partial charge is 0.507 e. The highest BCUT2D eigenvalue weighted by molar-refractivity contribution is 14.1. The lowest BCUT2D eigenvalue weighted by Crippen LogP contribution is -2.29. The van der Waals surface area contributed by atoms with Gasteiger partial charge >= 0.3 is 0 Å². The van der Waals surface area contributed by atoms with Gasteiger partial charge in [-0.1, -0.05) is 18.2 Å². The van der Waals surface area contributed by atoms with Gasteiger partial charge in [0.2, 0.25) is 0 Å². The quantitative estimate of drug-likeness (QED) is 0.269. The van der Waals surface area contributed by atoms with Crippen LogP contribution in [0.25, 0.3) is 0 Å². The van der Waals surface area contributed by atoms with Crippen molar-refractivity contribution in [2.24, 2.45) is 5.10 Å². The van der Waals surface area contributed by atoms with Gasteiger partial charge in [0.25, 0.3) is 5.91 Å². The number of rotatable bonds is 6. The number of carbonyl (C=O) groups excluding carboxylic acids is 1. The maximum absolute atomic E-state index is 12.3. The van der Waals surface area contributed by atoms with Crippen LogP contribution in [0, 0.1) is 3.57 Å². The molecule has 0 radical (unpaired) electrons. The lowest BCUT2D eigenvalue weighted by atomic mass is 10.0. The number of para-hydroxylation sites is 1. The molecule has 4 rings (SSSR count). The number of carbonyl (C=O) groups is 1. The van der Waals surface area contributed by atoms with Crippen LogP contribution in [0.15, 0.2) is 65.8 Å². The van der Waals surface area contributed by atoms with Gasteiger partial charge < -0.3 is 14.7 Å². The summed E-state index contributed by atoms with van der Waals surface area (Å²) in [7, 11) is 1.67. The van der Waals surface area contributed by atoms with E-state index in [1.807, 2.05) is 18.2 Å². The number of nitrogens with one attached hydrogen (secondary N) is 1. The van der Waals surface area contributed by atoms with Crippen LogP contribution in [0.4, 0.5) is 5.69 Å². The van der Waals surface area contributed by atoms with Gasteiger partial charge in [0.05, 0.1) is 18.9 Å². The molecule has 1 amide bonds. The minimum absolute atomic E-state index is 0.0772. The fourth-order valence-electron chi connectivity index (χ4n) is 3.90. The van der Waals surface area contributed by atoms with E-state index in [9.17, 15) is 9.90 Å². The van der Waals surface area contributed by atoms with Crippen LogP contribution in [0.2, 0.25) is 0 Å². The number of phenolic OH excluding ortho intramolecular Hbond substituents is 1. The summed E-state index contributed by atoms with van der Waals surface area (Å²) in [5.41, 5.74) is 7.21. The molecule has 0 saturated heterocycles. The van der Waals surface area contributed by atoms with Crippen molar-refractivity contribution in [3.63, 3.8) is 0 Å². The number of amides is 1. The molecule has 0 atom stereocenters. The van der Waals surface area contributed by atoms with Crippen molar-refractivity contribution in [2.45, 2.75) is 19.4 Å². The van der Waals surface area contributed by atoms with Crippen molar-refractivity contribution < 1.29 is 14.6 Å². The molecule has 0 unspecified atom stereocenters. The van der Waals surface area contributed by atoms with Crippen molar-refractivity contribution in [3.8, 4) is 11.5 Å². The zero-order valence-electron chi connectivity index (χ0n) is 17.7. The Labute approximate surface area is 201 Å². The van der Waals surface area contributed by atoms with Gasteiger partial charge in [-0.05, 0) is 89.0 Å². The van der Waals surface area contributed by atoms with E-state index in [1.54, 1.807) is 25.5 Å². The summed E-state index contributed by atoms with van der Waals surface area (Å²) in [6, 6.07) is 19.2. The Morgan fingerprint density at radius 3 is 2.91 bits per heavy atom. The standard InChI is InChI=1S/C25H24IN3O3/c1-32-24-11-8-17(15-27-28-25(31)21-14-20(26)9-10-23(21)30)13-19(24)16-29-12-4-6-18-5-2-3-7-22(18)29/h2-3,5,7-11,13-15,30H,4,6,12,16H2,1H3,(H,28,31)/b27-15+. The predicted octanol–water partition coefficient (Wildman–Crippen LogP) is 4.72. The number of hydrogen-bond acceptors (Lipinski definition) is 5. The van der Waals surface area contributed by atoms with E-state index in [0.717, 1.165) is 46.4 Å². The molecule has 0 aromatic heterocycles. The first-order chi connectivity index (χ1) is 15.5. The first kappa shape index (κ1) is 22.1. The van der Waals surface area contributed by atoms with E-state index in [-0.39, 0.29) is 11.3 Å². The molecule has 7 heteroatoms. The highest BCUT2D eigenvalue weighted by Crippen LogP contribution is 2.30. The molecule has 0 fully saturated rings. The Kier molecular flexibility index (Phi) is 6.94. The Morgan fingerprint density at radius 2 is 2.06 bits per heavy atom. The SMILES string of the molecule is COc1ccc(/C=N/NC(=O)c2cc(I)ccc2O)cc1CN1CCCc2ccccc21. The van der Waals surface area contributed by atoms with Gasteiger partial charge in [0.15, 0.2) is 0 Å². The molecule has 3 aromatic carbocycles. The molecule has 0 aliphatic carbocycles. The minimum Gasteiger partial charge on any atom is -0.507 e. The molecule has 2 N–H and O–H groups in total. The topological polar surface area (TPSA) is 74.2 Å². The number of anilines is 1. The molecule has 1 aliphatic rings. The molecular formula is C25H24IN3O3. The molecule has 1 heterocycles. The Morgan fingerprint density at radius 1 is 1.22 bits per heavy atom. The van der Waals surface area contributed by atoms with E-state index in [0.29, 0.717) is 0 Å². The molecule has 0 bridgehead atoms. The van der Waals surface area contributed by atoms with Crippen LogP contribution in [0.1, 0.15) is 33.5 Å². The number of halogens is 1. The third kappa shape index (κ3) is 5.04. The Hall–Kier alpha value is -3.07. The van der Waals surface area contributed by atoms with Crippen LogP contribution in [0.5, 0.6) is 11.5 Å². The van der Waals surface area contributed by atoms with Crippen molar-refractivity contribution in [3.05, 3.63) is 86.5 Å². The van der Waals surface area contributed by atoms with Crippen LogP contribution in [-0.4, -0.2) is 30.9 Å². The monoisotopic (exact) mass is 541 g/mol. The number of benzene rings is 3. The first-order valence-corrected chi connectivity index (χ1v) is 11.4. The number of hydrazone groups is 1. The molecule has 3 aromatic rings. The number of phenols is 1. The fraction of sp³-hybridized carbons (Fsp3) is 0.200. The second-order valence-corrected chi connectivity index (χ2v) is 8.83. The normalized spacial score (nSPS) is 13.1. The summed E-state index contributed by atoms with van der Waals surface area (Å²) in [5, 5.41) is 14.0. The second-order valence-electron chi connectivity index (χ2n) is 7.59. The molecule has 6 nitrogen and oxygen atoms in total. The van der Waals surface area contributed by atoms with Crippen LogP contribution in [-0.2, 0) is 13.0 Å². The summed E-state index contributed by atoms with van der Waals surface area (Å²) in [6.07, 6.45) is 3.82. The van der Waals surface area contributed by atoms with Gasteiger partial charge in [0, 0.05) is 27.9 Å². The summed E-state index contributed by atoms with van der Waals surface area (Å²) in [6.45, 7) is 1.72. The third-order valence-electron chi connectivity index (χ3n) is 5.46. The summed E-state index contributed by atoms with van der Waals surface area (Å²) in [5.74, 6) is 0.278. The Balaban J connectivity index is 1.50. The van der Waals surface area contributed by atoms with Crippen molar-refractivity contribution >= 4 is 40.4 Å². The van der Waals surface area contributed by atoms with E-state index in [1.165, 1.54) is 17.3 Å². The first-order valence-electron chi connectivity index (χ1n) is 10.4. The van der Waals surface area contributed by atoms with Gasteiger partial charge in [-0.25, -0.2) is 5.43 Å². The predicted molar refractivity (Wildman–Crippen MR) is 135 cm³/mol. The molecule has 1 aliphatic heterocycles. The number of ether oxygens (including phenoxy) is 1. The zero-order chi connectivity index (χ0) is 22.5. The number of methoxy groups -OCH3 is 1. The van der Waals surface area contributed by atoms with Gasteiger partial charge in [-0.15, -0.1) is 0 Å². The number of aromatic hydroxyl groups is 1. The number of aryl methyl sites for hydroxylation is 1. The van der Waals surface area contributed by atoms with Crippen LogP contribution < -0.4 is 15.1 Å². The third-order valence-corrected chi connectivity index (χ3v) is 6.13. The molecule has 0 spiro atoms. The second kappa shape index (κ2) is 10.0. The van der Waals surface area contributed by atoms with E-state index >= 15 is 0 Å². The van der Waals surface area contributed by atoms with Crippen molar-refractivity contribution in [1.82, 2.24) is 5.43 Å². The maximum atomic E-state index is 12.3. The summed E-state index contributed by atoms with van der Waals surface area (Å²) >= 11 is 2.09. The molecule has 0 saturated carbocycles. The fourth-order valence-corrected chi connectivity index (χ4v) is 4.39. The van der Waals surface area contributed by atoms with Crippen LogP contribution in [0.3, 0.4) is 0 Å². The Bertz CT molecular complexity index is 1160. The highest BCUT2D eigenvalue weighted by atomic mass is 127. The average molecular weight is 541 g/mol.